The summed E-state index contributed by atoms with van der Waals surface area (Å²) < 4.78 is 0. The number of nitrogens with zero attached hydrogens (tertiary/aromatic N) is 3. The summed E-state index contributed by atoms with van der Waals surface area (Å²) in [7, 11) is 2.20. The predicted molar refractivity (Wildman–Crippen MR) is 127 cm³/mol. The highest BCUT2D eigenvalue weighted by atomic mass is 15.2. The number of hydrogen-bond donors (Lipinski definition) is 0. The van der Waals surface area contributed by atoms with Crippen LogP contribution in [0.3, 0.4) is 0 Å². The zero-order chi connectivity index (χ0) is 21.1. The van der Waals surface area contributed by atoms with Gasteiger partial charge in [-0.2, -0.15) is 0 Å². The van der Waals surface area contributed by atoms with E-state index in [9.17, 15) is 0 Å². The monoisotopic (exact) mass is 389 g/mol. The Labute approximate surface area is 176 Å². The molecule has 0 spiro atoms. The van der Waals surface area contributed by atoms with Gasteiger partial charge in [0.2, 0.25) is 0 Å². The van der Waals surface area contributed by atoms with Crippen LogP contribution < -0.4 is 0 Å². The molecule has 29 heavy (non-hydrogen) atoms. The van der Waals surface area contributed by atoms with E-state index in [0.717, 1.165) is 23.0 Å². The lowest BCUT2D eigenvalue weighted by molar-refractivity contribution is 0.148. The summed E-state index contributed by atoms with van der Waals surface area (Å²) >= 11 is 0. The molecule has 0 atom stereocenters. The summed E-state index contributed by atoms with van der Waals surface area (Å²) in [5.41, 5.74) is 4.94. The van der Waals surface area contributed by atoms with Gasteiger partial charge in [-0.3, -0.25) is 9.88 Å². The maximum absolute atomic E-state index is 4.24. The Bertz CT molecular complexity index is 857. The number of fused-ring (bicyclic) bond motifs is 1. The van der Waals surface area contributed by atoms with E-state index in [1.165, 1.54) is 37.3 Å². The van der Waals surface area contributed by atoms with Crippen molar-refractivity contribution in [1.29, 1.82) is 0 Å². The number of likely N-dealkylation sites (N-methyl/N-ethyl adjacent to an activating group) is 1. The molecule has 2 aromatic carbocycles. The molecule has 1 aliphatic heterocycles. The number of benzene rings is 2. The molecule has 1 saturated heterocycles. The van der Waals surface area contributed by atoms with Gasteiger partial charge in [0.25, 0.3) is 0 Å². The van der Waals surface area contributed by atoms with Crippen LogP contribution in [0.25, 0.3) is 17.0 Å². The summed E-state index contributed by atoms with van der Waals surface area (Å²) in [6.45, 7) is 15.8. The smallest absolute Gasteiger partial charge is 0.0707 e. The van der Waals surface area contributed by atoms with Gasteiger partial charge < -0.3 is 4.90 Å². The van der Waals surface area contributed by atoms with Crippen molar-refractivity contribution in [3.05, 3.63) is 84.1 Å². The fourth-order valence-corrected chi connectivity index (χ4v) is 3.25. The molecule has 0 aliphatic carbocycles. The molecular formula is C26H35N3. The first-order valence-electron chi connectivity index (χ1n) is 10.6. The van der Waals surface area contributed by atoms with E-state index < -0.39 is 0 Å². The average molecular weight is 390 g/mol. The van der Waals surface area contributed by atoms with E-state index in [-0.39, 0.29) is 0 Å². The Morgan fingerprint density at radius 3 is 2.24 bits per heavy atom. The highest BCUT2D eigenvalue weighted by molar-refractivity contribution is 5.87. The lowest BCUT2D eigenvalue weighted by Crippen LogP contribution is -2.43. The summed E-state index contributed by atoms with van der Waals surface area (Å²) in [5.74, 6) is 0. The molecule has 1 aliphatic rings. The fourth-order valence-electron chi connectivity index (χ4n) is 3.25. The minimum absolute atomic E-state index is 1.02. The van der Waals surface area contributed by atoms with Gasteiger partial charge in [-0.25, -0.2) is 0 Å². The lowest BCUT2D eigenvalue weighted by Gasteiger charge is -2.32. The maximum Gasteiger partial charge on any atom is 0.0707 e. The summed E-state index contributed by atoms with van der Waals surface area (Å²) in [6.07, 6.45) is 3.66. The SMILES string of the molecule is C=Cc1ccnc2ccccc12.CC.Cc1ccc(CN2CCN(C)CC2)cc1. The molecule has 0 N–H and O–H groups in total. The lowest BCUT2D eigenvalue weighted by atomic mass is 10.1. The second kappa shape index (κ2) is 12.2. The number of pyridine rings is 1. The topological polar surface area (TPSA) is 19.4 Å². The highest BCUT2D eigenvalue weighted by Crippen LogP contribution is 2.16. The van der Waals surface area contributed by atoms with E-state index >= 15 is 0 Å². The van der Waals surface area contributed by atoms with E-state index in [2.05, 4.69) is 65.7 Å². The van der Waals surface area contributed by atoms with Crippen LogP contribution in [0.4, 0.5) is 0 Å². The largest absolute Gasteiger partial charge is 0.304 e. The molecule has 3 heteroatoms. The van der Waals surface area contributed by atoms with Gasteiger partial charge in [0.15, 0.2) is 0 Å². The number of para-hydroxylation sites is 1. The third kappa shape index (κ3) is 7.12. The first kappa shape index (κ1) is 22.8. The first-order chi connectivity index (χ1) is 14.2. The Morgan fingerprint density at radius 2 is 1.59 bits per heavy atom. The fraction of sp³-hybridized carbons (Fsp3) is 0.346. The Balaban J connectivity index is 0.000000194. The van der Waals surface area contributed by atoms with Crippen LogP contribution in [-0.2, 0) is 6.54 Å². The van der Waals surface area contributed by atoms with Crippen molar-refractivity contribution < 1.29 is 0 Å². The van der Waals surface area contributed by atoms with E-state index in [4.69, 9.17) is 0 Å². The molecule has 0 amide bonds. The van der Waals surface area contributed by atoms with Crippen LogP contribution in [0.5, 0.6) is 0 Å². The molecule has 3 aromatic rings. The number of aryl methyl sites for hydroxylation is 1. The van der Waals surface area contributed by atoms with Crippen molar-refractivity contribution >= 4 is 17.0 Å². The molecule has 2 heterocycles. The van der Waals surface area contributed by atoms with Crippen LogP contribution in [0.15, 0.2) is 67.4 Å². The number of hydrogen-bond acceptors (Lipinski definition) is 3. The Kier molecular flexibility index (Phi) is 9.55. The van der Waals surface area contributed by atoms with E-state index in [1.807, 2.05) is 44.2 Å². The zero-order valence-electron chi connectivity index (χ0n) is 18.4. The van der Waals surface area contributed by atoms with Crippen LogP contribution in [-0.4, -0.2) is 48.0 Å². The quantitative estimate of drug-likeness (QED) is 0.577. The molecule has 1 aromatic heterocycles. The Morgan fingerprint density at radius 1 is 0.931 bits per heavy atom. The molecule has 0 radical (unpaired) electrons. The van der Waals surface area contributed by atoms with Gasteiger partial charge >= 0.3 is 0 Å². The molecular weight excluding hydrogens is 354 g/mol. The van der Waals surface area contributed by atoms with Crippen molar-refractivity contribution in [3.63, 3.8) is 0 Å². The normalized spacial score (nSPS) is 14.3. The third-order valence-corrected chi connectivity index (χ3v) is 5.03. The van der Waals surface area contributed by atoms with Crippen LogP contribution >= 0.6 is 0 Å². The van der Waals surface area contributed by atoms with Gasteiger partial charge in [-0.1, -0.05) is 74.5 Å². The van der Waals surface area contributed by atoms with Crippen molar-refractivity contribution in [2.45, 2.75) is 27.3 Å². The van der Waals surface area contributed by atoms with E-state index in [1.54, 1.807) is 6.20 Å². The Hall–Kier alpha value is -2.49. The van der Waals surface area contributed by atoms with Crippen LogP contribution in [0, 0.1) is 6.92 Å². The van der Waals surface area contributed by atoms with Gasteiger partial charge in [0.1, 0.15) is 0 Å². The van der Waals surface area contributed by atoms with Gasteiger partial charge in [-0.15, -0.1) is 0 Å². The predicted octanol–water partition coefficient (Wildman–Crippen LogP) is 5.65. The number of rotatable bonds is 3. The average Bonchev–Trinajstić information content (AvgIpc) is 2.78. The number of aromatic nitrogens is 1. The second-order valence-corrected chi connectivity index (χ2v) is 7.19. The van der Waals surface area contributed by atoms with Crippen LogP contribution in [0.2, 0.25) is 0 Å². The minimum Gasteiger partial charge on any atom is -0.304 e. The molecule has 3 nitrogen and oxygen atoms in total. The third-order valence-electron chi connectivity index (χ3n) is 5.03. The minimum atomic E-state index is 1.02. The highest BCUT2D eigenvalue weighted by Gasteiger charge is 2.13. The van der Waals surface area contributed by atoms with Crippen molar-refractivity contribution in [1.82, 2.24) is 14.8 Å². The summed E-state index contributed by atoms with van der Waals surface area (Å²) in [6, 6.07) is 18.9. The first-order valence-corrected chi connectivity index (χ1v) is 10.6. The summed E-state index contributed by atoms with van der Waals surface area (Å²) in [4.78, 5) is 9.17. The van der Waals surface area contributed by atoms with Gasteiger partial charge in [0, 0.05) is 44.3 Å². The van der Waals surface area contributed by atoms with Gasteiger partial charge in [0.05, 0.1) is 5.52 Å². The van der Waals surface area contributed by atoms with Crippen molar-refractivity contribution in [3.8, 4) is 0 Å². The molecule has 0 bridgehead atoms. The zero-order valence-corrected chi connectivity index (χ0v) is 18.4. The maximum atomic E-state index is 4.24. The second-order valence-electron chi connectivity index (χ2n) is 7.19. The summed E-state index contributed by atoms with van der Waals surface area (Å²) in [5, 5.41) is 1.16. The molecule has 0 unspecified atom stereocenters. The molecule has 154 valence electrons. The van der Waals surface area contributed by atoms with Crippen molar-refractivity contribution in [2.75, 3.05) is 33.2 Å². The molecule has 4 rings (SSSR count). The van der Waals surface area contributed by atoms with Crippen molar-refractivity contribution in [2.24, 2.45) is 0 Å². The standard InChI is InChI=1S/C13H20N2.C11H9N.C2H6/c1-12-3-5-13(6-4-12)11-15-9-7-14(2)8-10-15;1-2-9-7-8-12-11-6-4-3-5-10(9)11;1-2/h3-6H,7-11H2,1-2H3;2-8H,1H2;1-2H3. The molecule has 1 fully saturated rings. The van der Waals surface area contributed by atoms with E-state index in [0.29, 0.717) is 0 Å². The van der Waals surface area contributed by atoms with Gasteiger partial charge in [-0.05, 0) is 37.2 Å². The van der Waals surface area contributed by atoms with Crippen LogP contribution in [0.1, 0.15) is 30.5 Å². The molecule has 0 saturated carbocycles. The number of piperazine rings is 1.